The molecule has 0 aliphatic carbocycles. The number of thioether (sulfide) groups is 1. The van der Waals surface area contributed by atoms with Crippen LogP contribution in [-0.2, 0) is 4.79 Å². The number of nitrogens with one attached hydrogen (secondary N) is 2. The average Bonchev–Trinajstić information content (AvgIpc) is 2.64. The summed E-state index contributed by atoms with van der Waals surface area (Å²) in [7, 11) is 0. The van der Waals surface area contributed by atoms with Gasteiger partial charge in [0.05, 0.1) is 16.0 Å². The predicted molar refractivity (Wildman–Crippen MR) is 106 cm³/mol. The summed E-state index contributed by atoms with van der Waals surface area (Å²) in [5, 5.41) is 9.61. The molecule has 1 heterocycles. The Hall–Kier alpha value is -2.57. The lowest BCUT2D eigenvalue weighted by Crippen LogP contribution is -2.22. The normalized spacial score (nSPS) is 11.8. The predicted octanol–water partition coefficient (Wildman–Crippen LogP) is 4.21. The highest BCUT2D eigenvalue weighted by Crippen LogP contribution is 2.30. The number of H-pyrrole nitrogens is 1. The van der Waals surface area contributed by atoms with Crippen LogP contribution in [0.1, 0.15) is 6.92 Å². The van der Waals surface area contributed by atoms with Crippen molar-refractivity contribution in [1.29, 1.82) is 0 Å². The highest BCUT2D eigenvalue weighted by molar-refractivity contribution is 8.00. The Morgan fingerprint density at radius 3 is 2.69 bits per heavy atom. The topological polar surface area (TPSA) is 74.8 Å². The summed E-state index contributed by atoms with van der Waals surface area (Å²) in [4.78, 5) is 24.5. The number of halogens is 1. The van der Waals surface area contributed by atoms with Gasteiger partial charge in [-0.1, -0.05) is 35.9 Å². The molecule has 0 fully saturated rings. The second kappa shape index (κ2) is 8.21. The number of carbonyl (C=O) groups excluding carboxylic acids is 1. The zero-order valence-corrected chi connectivity index (χ0v) is 15.5. The van der Waals surface area contributed by atoms with Crippen molar-refractivity contribution in [3.05, 3.63) is 76.0 Å². The van der Waals surface area contributed by atoms with E-state index in [0.29, 0.717) is 16.4 Å². The zero-order chi connectivity index (χ0) is 18.5. The van der Waals surface area contributed by atoms with Gasteiger partial charge in [-0.05, 0) is 37.3 Å². The minimum atomic E-state index is -0.315. The van der Waals surface area contributed by atoms with Gasteiger partial charge in [0, 0.05) is 22.2 Å². The third kappa shape index (κ3) is 4.53. The van der Waals surface area contributed by atoms with Crippen LogP contribution in [0.2, 0.25) is 5.02 Å². The van der Waals surface area contributed by atoms with Crippen molar-refractivity contribution in [2.75, 3.05) is 5.32 Å². The van der Waals surface area contributed by atoms with Crippen LogP contribution in [-0.4, -0.2) is 21.4 Å². The molecule has 132 valence electrons. The number of aromatic nitrogens is 2. The van der Waals surface area contributed by atoms with Crippen LogP contribution < -0.4 is 10.9 Å². The highest BCUT2D eigenvalue weighted by Gasteiger charge is 2.16. The fourth-order valence-electron chi connectivity index (χ4n) is 2.29. The van der Waals surface area contributed by atoms with E-state index in [1.165, 1.54) is 17.8 Å². The van der Waals surface area contributed by atoms with E-state index < -0.39 is 0 Å². The van der Waals surface area contributed by atoms with Crippen molar-refractivity contribution in [3.8, 4) is 11.3 Å². The molecule has 1 unspecified atom stereocenters. The molecular formula is C19H16ClN3O2S. The van der Waals surface area contributed by atoms with Gasteiger partial charge in [-0.25, -0.2) is 5.10 Å². The van der Waals surface area contributed by atoms with Crippen LogP contribution in [0.25, 0.3) is 11.3 Å². The molecular weight excluding hydrogens is 370 g/mol. The highest BCUT2D eigenvalue weighted by atomic mass is 35.5. The van der Waals surface area contributed by atoms with Crippen LogP contribution in [0.3, 0.4) is 0 Å². The smallest absolute Gasteiger partial charge is 0.264 e. The van der Waals surface area contributed by atoms with Crippen molar-refractivity contribution in [2.45, 2.75) is 17.1 Å². The maximum Gasteiger partial charge on any atom is 0.264 e. The SMILES string of the molecule is CC(Sc1ccccc1Cl)C(=O)Nc1cccc(-c2ccc(=O)[nH]n2)c1. The van der Waals surface area contributed by atoms with Crippen LogP contribution in [0.15, 0.2) is 70.4 Å². The van der Waals surface area contributed by atoms with Crippen molar-refractivity contribution in [1.82, 2.24) is 10.2 Å². The fourth-order valence-corrected chi connectivity index (χ4v) is 3.44. The number of hydrogen-bond acceptors (Lipinski definition) is 4. The molecule has 0 aliphatic heterocycles. The first-order valence-corrected chi connectivity index (χ1v) is 9.17. The summed E-state index contributed by atoms with van der Waals surface area (Å²) in [6, 6.07) is 17.8. The molecule has 0 radical (unpaired) electrons. The van der Waals surface area contributed by atoms with Crippen molar-refractivity contribution in [3.63, 3.8) is 0 Å². The molecule has 3 rings (SSSR count). The van der Waals surface area contributed by atoms with Gasteiger partial charge in [0.2, 0.25) is 5.91 Å². The van der Waals surface area contributed by atoms with Gasteiger partial charge in [0.1, 0.15) is 0 Å². The third-order valence-corrected chi connectivity index (χ3v) is 5.23. The number of benzene rings is 2. The van der Waals surface area contributed by atoms with E-state index in [1.807, 2.05) is 43.3 Å². The molecule has 1 atom stereocenters. The number of amides is 1. The Bertz CT molecular complexity index is 970. The monoisotopic (exact) mass is 385 g/mol. The molecule has 0 bridgehead atoms. The number of carbonyl (C=O) groups is 1. The Labute approximate surface area is 159 Å². The van der Waals surface area contributed by atoms with E-state index >= 15 is 0 Å². The minimum absolute atomic E-state index is 0.124. The van der Waals surface area contributed by atoms with E-state index in [1.54, 1.807) is 18.2 Å². The lowest BCUT2D eigenvalue weighted by molar-refractivity contribution is -0.115. The maximum absolute atomic E-state index is 12.5. The van der Waals surface area contributed by atoms with Crippen molar-refractivity contribution < 1.29 is 4.79 Å². The van der Waals surface area contributed by atoms with Crippen LogP contribution >= 0.6 is 23.4 Å². The second-order valence-corrected chi connectivity index (χ2v) is 7.36. The molecule has 26 heavy (non-hydrogen) atoms. The molecule has 0 saturated carbocycles. The van der Waals surface area contributed by atoms with Gasteiger partial charge in [0.15, 0.2) is 0 Å². The second-order valence-electron chi connectivity index (χ2n) is 5.57. The molecule has 0 spiro atoms. The first kappa shape index (κ1) is 18.2. The number of hydrogen-bond donors (Lipinski definition) is 2. The van der Waals surface area contributed by atoms with Gasteiger partial charge in [-0.3, -0.25) is 9.59 Å². The Morgan fingerprint density at radius 2 is 1.96 bits per heavy atom. The van der Waals surface area contributed by atoms with Crippen molar-refractivity contribution >= 4 is 35.0 Å². The Balaban J connectivity index is 1.71. The number of nitrogens with zero attached hydrogens (tertiary/aromatic N) is 1. The standard InChI is InChI=1S/C19H16ClN3O2S/c1-12(26-17-8-3-2-7-15(17)20)19(25)21-14-6-4-5-13(11-14)16-9-10-18(24)23-22-16/h2-12H,1H3,(H,21,25)(H,23,24). The Kier molecular flexibility index (Phi) is 5.75. The lowest BCUT2D eigenvalue weighted by atomic mass is 10.1. The first-order chi connectivity index (χ1) is 12.5. The lowest BCUT2D eigenvalue weighted by Gasteiger charge is -2.13. The van der Waals surface area contributed by atoms with E-state index in [2.05, 4.69) is 15.5 Å². The fraction of sp³-hybridized carbons (Fsp3) is 0.105. The Morgan fingerprint density at radius 1 is 1.15 bits per heavy atom. The molecule has 7 heteroatoms. The van der Waals surface area contributed by atoms with E-state index in [9.17, 15) is 9.59 Å². The number of anilines is 1. The molecule has 0 saturated heterocycles. The van der Waals surface area contributed by atoms with E-state index in [0.717, 1.165) is 10.5 Å². The van der Waals surface area contributed by atoms with Gasteiger partial charge in [0.25, 0.3) is 5.56 Å². The molecule has 1 amide bonds. The first-order valence-electron chi connectivity index (χ1n) is 7.91. The third-order valence-electron chi connectivity index (χ3n) is 3.61. The van der Waals surface area contributed by atoms with Gasteiger partial charge >= 0.3 is 0 Å². The largest absolute Gasteiger partial charge is 0.325 e. The van der Waals surface area contributed by atoms with Crippen molar-refractivity contribution in [2.24, 2.45) is 0 Å². The van der Waals surface area contributed by atoms with Crippen LogP contribution in [0.5, 0.6) is 0 Å². The molecule has 3 aromatic rings. The molecule has 0 aliphatic rings. The summed E-state index contributed by atoms with van der Waals surface area (Å²) in [5.74, 6) is -0.124. The molecule has 5 nitrogen and oxygen atoms in total. The number of aromatic amines is 1. The van der Waals surface area contributed by atoms with Gasteiger partial charge < -0.3 is 5.32 Å². The number of rotatable bonds is 5. The summed E-state index contributed by atoms with van der Waals surface area (Å²) >= 11 is 7.55. The molecule has 2 N–H and O–H groups in total. The summed E-state index contributed by atoms with van der Waals surface area (Å²) in [6.45, 7) is 1.83. The van der Waals surface area contributed by atoms with Crippen LogP contribution in [0, 0.1) is 0 Å². The zero-order valence-electron chi connectivity index (χ0n) is 13.9. The minimum Gasteiger partial charge on any atom is -0.325 e. The maximum atomic E-state index is 12.5. The van der Waals surface area contributed by atoms with Crippen LogP contribution in [0.4, 0.5) is 5.69 Å². The van der Waals surface area contributed by atoms with E-state index in [4.69, 9.17) is 11.6 Å². The average molecular weight is 386 g/mol. The van der Waals surface area contributed by atoms with Gasteiger partial charge in [-0.15, -0.1) is 11.8 Å². The van der Waals surface area contributed by atoms with E-state index in [-0.39, 0.29) is 16.7 Å². The quantitative estimate of drug-likeness (QED) is 0.645. The molecule has 2 aromatic carbocycles. The van der Waals surface area contributed by atoms with Gasteiger partial charge in [-0.2, -0.15) is 5.10 Å². The molecule has 1 aromatic heterocycles. The summed E-state index contributed by atoms with van der Waals surface area (Å²) < 4.78 is 0. The summed E-state index contributed by atoms with van der Waals surface area (Å²) in [6.07, 6.45) is 0. The summed E-state index contributed by atoms with van der Waals surface area (Å²) in [5.41, 5.74) is 1.82.